The van der Waals surface area contributed by atoms with Gasteiger partial charge in [-0.3, -0.25) is 0 Å². The van der Waals surface area contributed by atoms with Gasteiger partial charge in [-0.05, 0) is 37.0 Å². The highest BCUT2D eigenvalue weighted by Gasteiger charge is 2.19. The summed E-state index contributed by atoms with van der Waals surface area (Å²) in [6.45, 7) is 10.9. The third-order valence-electron chi connectivity index (χ3n) is 4.24. The molecule has 0 atom stereocenters. The Morgan fingerprint density at radius 1 is 1.35 bits per heavy atom. The summed E-state index contributed by atoms with van der Waals surface area (Å²) in [6.07, 6.45) is 1.68. The van der Waals surface area contributed by atoms with Gasteiger partial charge in [0.15, 0.2) is 5.82 Å². The number of ether oxygens (including phenoxy) is 1. The highest BCUT2D eigenvalue weighted by Crippen LogP contribution is 2.31. The molecular formula is C19H29N5O2. The van der Waals surface area contributed by atoms with Gasteiger partial charge in [0.2, 0.25) is 0 Å². The largest absolute Gasteiger partial charge is 0.495 e. The molecule has 7 nitrogen and oxygen atoms in total. The molecule has 0 aliphatic rings. The molecule has 2 aromatic rings. The van der Waals surface area contributed by atoms with Crippen LogP contribution in [0.5, 0.6) is 5.75 Å². The Balaban J connectivity index is 2.16. The molecule has 0 saturated heterocycles. The Bertz CT molecular complexity index is 762. The second kappa shape index (κ2) is 7.76. The van der Waals surface area contributed by atoms with Gasteiger partial charge in [-0.1, -0.05) is 26.8 Å². The van der Waals surface area contributed by atoms with Crippen LogP contribution >= 0.6 is 0 Å². The number of rotatable bonds is 5. The van der Waals surface area contributed by atoms with Crippen molar-refractivity contribution < 1.29 is 9.53 Å². The van der Waals surface area contributed by atoms with E-state index in [0.29, 0.717) is 18.0 Å². The molecule has 2 rings (SSSR count). The summed E-state index contributed by atoms with van der Waals surface area (Å²) in [5.41, 5.74) is 1.75. The van der Waals surface area contributed by atoms with Crippen LogP contribution in [0, 0.1) is 0 Å². The van der Waals surface area contributed by atoms with Crippen molar-refractivity contribution in [3.8, 4) is 5.75 Å². The Labute approximate surface area is 155 Å². The molecule has 1 aromatic heterocycles. The van der Waals surface area contributed by atoms with Crippen molar-refractivity contribution in [3.63, 3.8) is 0 Å². The van der Waals surface area contributed by atoms with Gasteiger partial charge in [0.25, 0.3) is 0 Å². The number of carbonyl (C=O) groups is 1. The van der Waals surface area contributed by atoms with Crippen LogP contribution in [0.1, 0.15) is 52.0 Å². The number of aromatic nitrogens is 3. The molecule has 0 unspecified atom stereocenters. The number of benzene rings is 1. The number of amides is 2. The van der Waals surface area contributed by atoms with Gasteiger partial charge in [-0.25, -0.2) is 4.79 Å². The van der Waals surface area contributed by atoms with E-state index >= 15 is 0 Å². The maximum atomic E-state index is 12.7. The monoisotopic (exact) mass is 359 g/mol. The smallest absolute Gasteiger partial charge is 0.322 e. The van der Waals surface area contributed by atoms with Crippen LogP contribution in [0.4, 0.5) is 10.5 Å². The molecule has 7 heteroatoms. The number of methoxy groups -OCH3 is 1. The molecule has 0 aliphatic heterocycles. The zero-order valence-electron chi connectivity index (χ0n) is 16.7. The van der Waals surface area contributed by atoms with Crippen LogP contribution in [0.25, 0.3) is 0 Å². The minimum Gasteiger partial charge on any atom is -0.495 e. The van der Waals surface area contributed by atoms with Gasteiger partial charge in [-0.15, -0.1) is 10.2 Å². The Kier molecular flexibility index (Phi) is 5.90. The predicted molar refractivity (Wildman–Crippen MR) is 103 cm³/mol. The van der Waals surface area contributed by atoms with Crippen molar-refractivity contribution in [3.05, 3.63) is 35.9 Å². The zero-order chi connectivity index (χ0) is 19.5. The van der Waals surface area contributed by atoms with Gasteiger partial charge in [0.1, 0.15) is 12.1 Å². The minimum atomic E-state index is -0.229. The van der Waals surface area contributed by atoms with Crippen molar-refractivity contribution in [2.24, 2.45) is 0 Å². The number of anilines is 1. The van der Waals surface area contributed by atoms with Crippen molar-refractivity contribution >= 4 is 11.7 Å². The molecule has 1 N–H and O–H groups in total. The third-order valence-corrected chi connectivity index (χ3v) is 4.24. The number of urea groups is 1. The van der Waals surface area contributed by atoms with E-state index in [1.165, 1.54) is 0 Å². The molecule has 0 bridgehead atoms. The number of hydrogen-bond acceptors (Lipinski definition) is 4. The fraction of sp³-hybridized carbons (Fsp3) is 0.526. The molecule has 0 aliphatic carbocycles. The molecule has 0 spiro atoms. The van der Waals surface area contributed by atoms with Gasteiger partial charge in [0, 0.05) is 13.1 Å². The van der Waals surface area contributed by atoms with Crippen molar-refractivity contribution in [1.82, 2.24) is 19.7 Å². The lowest BCUT2D eigenvalue weighted by Gasteiger charge is -2.23. The molecule has 0 fully saturated rings. The first kappa shape index (κ1) is 19.8. The molecule has 0 radical (unpaired) electrons. The first-order valence-corrected chi connectivity index (χ1v) is 8.72. The summed E-state index contributed by atoms with van der Waals surface area (Å²) in [6, 6.07) is 5.86. The average molecular weight is 359 g/mol. The van der Waals surface area contributed by atoms with Crippen molar-refractivity contribution in [2.75, 3.05) is 19.5 Å². The highest BCUT2D eigenvalue weighted by molar-refractivity contribution is 5.91. The third kappa shape index (κ3) is 4.53. The predicted octanol–water partition coefficient (Wildman–Crippen LogP) is 3.83. The highest BCUT2D eigenvalue weighted by atomic mass is 16.5. The van der Waals surface area contributed by atoms with E-state index in [9.17, 15) is 4.79 Å². The van der Waals surface area contributed by atoms with Crippen LogP contribution < -0.4 is 10.1 Å². The first-order valence-electron chi connectivity index (χ1n) is 8.72. The maximum Gasteiger partial charge on any atom is 0.322 e. The second-order valence-corrected chi connectivity index (χ2v) is 7.70. The molecule has 1 aromatic carbocycles. The maximum absolute atomic E-state index is 12.7. The standard InChI is InChI=1S/C19H29N5O2/c1-13(2)24-12-20-22-17(24)11-23(6)18(25)21-15-10-14(19(3,4)5)8-9-16(15)26-7/h8-10,12-13H,11H2,1-7H3,(H,21,25). The van der Waals surface area contributed by atoms with Crippen LogP contribution in [-0.2, 0) is 12.0 Å². The van der Waals surface area contributed by atoms with Crippen LogP contribution in [-0.4, -0.2) is 39.9 Å². The molecule has 142 valence electrons. The van der Waals surface area contributed by atoms with Crippen molar-refractivity contribution in [1.29, 1.82) is 0 Å². The van der Waals surface area contributed by atoms with Gasteiger partial charge in [-0.2, -0.15) is 0 Å². The lowest BCUT2D eigenvalue weighted by Crippen LogP contribution is -2.32. The number of hydrogen-bond donors (Lipinski definition) is 1. The summed E-state index contributed by atoms with van der Waals surface area (Å²) < 4.78 is 7.34. The Morgan fingerprint density at radius 3 is 2.62 bits per heavy atom. The van der Waals surface area contributed by atoms with E-state index in [4.69, 9.17) is 4.74 Å². The topological polar surface area (TPSA) is 72.3 Å². The lowest BCUT2D eigenvalue weighted by atomic mass is 9.87. The molecule has 2 amide bonds. The summed E-state index contributed by atoms with van der Waals surface area (Å²) in [5.74, 6) is 1.37. The zero-order valence-corrected chi connectivity index (χ0v) is 16.7. The van der Waals surface area contributed by atoms with E-state index in [1.54, 1.807) is 25.4 Å². The first-order chi connectivity index (χ1) is 12.1. The summed E-state index contributed by atoms with van der Waals surface area (Å²) in [4.78, 5) is 14.2. The van der Waals surface area contributed by atoms with E-state index in [2.05, 4.69) is 50.1 Å². The van der Waals surface area contributed by atoms with Crippen molar-refractivity contribution in [2.45, 2.75) is 52.6 Å². The normalized spacial score (nSPS) is 11.5. The molecule has 0 saturated carbocycles. The number of nitrogens with zero attached hydrogens (tertiary/aromatic N) is 4. The quantitative estimate of drug-likeness (QED) is 0.881. The van der Waals surface area contributed by atoms with Crippen LogP contribution in [0.15, 0.2) is 24.5 Å². The number of nitrogens with one attached hydrogen (secondary N) is 1. The minimum absolute atomic E-state index is 0.0225. The lowest BCUT2D eigenvalue weighted by molar-refractivity contribution is 0.218. The summed E-state index contributed by atoms with van der Waals surface area (Å²) >= 11 is 0. The van der Waals surface area contributed by atoms with Crippen LogP contribution in [0.3, 0.4) is 0 Å². The molecular weight excluding hydrogens is 330 g/mol. The van der Waals surface area contributed by atoms with E-state index in [1.807, 2.05) is 22.8 Å². The second-order valence-electron chi connectivity index (χ2n) is 7.70. The number of carbonyl (C=O) groups excluding carboxylic acids is 1. The van der Waals surface area contributed by atoms with E-state index in [0.717, 1.165) is 11.4 Å². The van der Waals surface area contributed by atoms with Crippen LogP contribution in [0.2, 0.25) is 0 Å². The molecule has 26 heavy (non-hydrogen) atoms. The fourth-order valence-electron chi connectivity index (χ4n) is 2.58. The SMILES string of the molecule is COc1ccc(C(C)(C)C)cc1NC(=O)N(C)Cc1nncn1C(C)C. The fourth-order valence-corrected chi connectivity index (χ4v) is 2.58. The average Bonchev–Trinajstić information content (AvgIpc) is 3.02. The Hall–Kier alpha value is -2.57. The Morgan fingerprint density at radius 2 is 2.04 bits per heavy atom. The summed E-state index contributed by atoms with van der Waals surface area (Å²) in [5, 5.41) is 11.0. The van der Waals surface area contributed by atoms with Gasteiger partial charge >= 0.3 is 6.03 Å². The van der Waals surface area contributed by atoms with E-state index < -0.39 is 0 Å². The summed E-state index contributed by atoms with van der Waals surface area (Å²) in [7, 11) is 3.32. The van der Waals surface area contributed by atoms with E-state index in [-0.39, 0.29) is 17.5 Å². The van der Waals surface area contributed by atoms with Gasteiger partial charge < -0.3 is 19.5 Å². The van der Waals surface area contributed by atoms with Gasteiger partial charge in [0.05, 0.1) is 19.3 Å². The molecule has 1 heterocycles.